The standard InChI is InChI=1S/C11H15BrO8/c12-11(16)10(19-6-3-15)9(18-5-2-14)8(7-20-11)17-4-1-13/h1-3,8-10,16H,4-7H2/t8-,9-,10+,11?/m1/s1/i1D,2D,3D. The number of aliphatic hydroxyl groups is 1. The van der Waals surface area contributed by atoms with E-state index in [2.05, 4.69) is 15.9 Å². The van der Waals surface area contributed by atoms with Gasteiger partial charge in [0, 0.05) is 0 Å². The number of carbonyl (C=O) groups is 3. The van der Waals surface area contributed by atoms with Gasteiger partial charge in [-0.05, 0) is 15.9 Å². The lowest BCUT2D eigenvalue weighted by Gasteiger charge is -2.43. The van der Waals surface area contributed by atoms with Crippen LogP contribution in [0.3, 0.4) is 0 Å². The highest BCUT2D eigenvalue weighted by Crippen LogP contribution is 2.34. The summed E-state index contributed by atoms with van der Waals surface area (Å²) in [5.74, 6) is 0. The molecule has 1 aliphatic rings. The summed E-state index contributed by atoms with van der Waals surface area (Å²) < 4.78 is 38.8. The van der Waals surface area contributed by atoms with Gasteiger partial charge in [-0.2, -0.15) is 0 Å². The average molecular weight is 358 g/mol. The van der Waals surface area contributed by atoms with E-state index in [0.29, 0.717) is 0 Å². The molecule has 0 aromatic carbocycles. The second kappa shape index (κ2) is 8.55. The largest absolute Gasteiger partial charge is 0.366 e. The number of rotatable bonds is 9. The molecule has 0 amide bonds. The fourth-order valence-electron chi connectivity index (χ4n) is 1.70. The number of halogens is 1. The highest BCUT2D eigenvalue weighted by Gasteiger charge is 2.51. The van der Waals surface area contributed by atoms with Crippen molar-refractivity contribution in [3.63, 3.8) is 0 Å². The van der Waals surface area contributed by atoms with Crippen LogP contribution < -0.4 is 0 Å². The van der Waals surface area contributed by atoms with Gasteiger partial charge in [-0.1, -0.05) is 0 Å². The third-order valence-electron chi connectivity index (χ3n) is 2.48. The predicted octanol–water partition coefficient (Wildman–Crippen LogP) is -1.19. The maximum Gasteiger partial charge on any atom is 0.254 e. The van der Waals surface area contributed by atoms with Gasteiger partial charge in [-0.25, -0.2) is 0 Å². The monoisotopic (exact) mass is 357 g/mol. The van der Waals surface area contributed by atoms with E-state index in [1.165, 1.54) is 0 Å². The molecular weight excluding hydrogens is 340 g/mol. The minimum absolute atomic E-state index is 0.277. The molecule has 0 aliphatic carbocycles. The van der Waals surface area contributed by atoms with E-state index in [9.17, 15) is 19.5 Å². The Labute approximate surface area is 127 Å². The van der Waals surface area contributed by atoms with Crippen LogP contribution >= 0.6 is 15.9 Å². The van der Waals surface area contributed by atoms with Crippen LogP contribution in [0, 0.1) is 0 Å². The Bertz CT molecular complexity index is 461. The normalized spacial score (nSPS) is 35.7. The molecule has 1 N–H and O–H groups in total. The van der Waals surface area contributed by atoms with Crippen molar-refractivity contribution < 1.29 is 42.5 Å². The van der Waals surface area contributed by atoms with Gasteiger partial charge in [-0.15, -0.1) is 0 Å². The smallest absolute Gasteiger partial charge is 0.254 e. The van der Waals surface area contributed by atoms with Crippen molar-refractivity contribution in [3.8, 4) is 0 Å². The molecule has 1 heterocycles. The summed E-state index contributed by atoms with van der Waals surface area (Å²) in [7, 11) is 0. The molecule has 8 nitrogen and oxygen atoms in total. The summed E-state index contributed by atoms with van der Waals surface area (Å²) in [6.07, 6.45) is -6.74. The molecule has 0 radical (unpaired) electrons. The van der Waals surface area contributed by atoms with Gasteiger partial charge in [0.05, 0.1) is 6.61 Å². The maximum atomic E-state index is 10.8. The van der Waals surface area contributed by atoms with Gasteiger partial charge in [-0.3, -0.25) is 0 Å². The molecule has 0 saturated carbocycles. The molecular formula is C11H15BrO8. The van der Waals surface area contributed by atoms with Crippen LogP contribution in [-0.2, 0) is 33.3 Å². The summed E-state index contributed by atoms with van der Waals surface area (Å²) >= 11 is 2.83. The van der Waals surface area contributed by atoms with E-state index in [-0.39, 0.29) is 6.61 Å². The van der Waals surface area contributed by atoms with Crippen molar-refractivity contribution in [2.45, 2.75) is 23.0 Å². The van der Waals surface area contributed by atoms with E-state index in [0.717, 1.165) is 0 Å². The van der Waals surface area contributed by atoms with Crippen LogP contribution in [0.25, 0.3) is 0 Å². The van der Waals surface area contributed by atoms with Crippen LogP contribution in [0.4, 0.5) is 0 Å². The molecule has 4 atom stereocenters. The third-order valence-corrected chi connectivity index (χ3v) is 3.16. The summed E-state index contributed by atoms with van der Waals surface area (Å²) in [6, 6.07) is 0. The Morgan fingerprint density at radius 3 is 2.35 bits per heavy atom. The van der Waals surface area contributed by atoms with Crippen LogP contribution in [-0.4, -0.2) is 73.3 Å². The lowest BCUT2D eigenvalue weighted by atomic mass is 10.0. The van der Waals surface area contributed by atoms with Gasteiger partial charge in [0.15, 0.2) is 6.10 Å². The highest BCUT2D eigenvalue weighted by molar-refractivity contribution is 9.10. The third kappa shape index (κ3) is 4.69. The predicted molar refractivity (Wildman–Crippen MR) is 67.2 cm³/mol. The second-order valence-electron chi connectivity index (χ2n) is 3.71. The molecule has 114 valence electrons. The van der Waals surface area contributed by atoms with Crippen LogP contribution in [0.5, 0.6) is 0 Å². The number of hydrogen-bond donors (Lipinski definition) is 1. The minimum atomic E-state index is -2.09. The van der Waals surface area contributed by atoms with E-state index in [4.69, 9.17) is 23.1 Å². The highest BCUT2D eigenvalue weighted by atomic mass is 79.9. The first-order valence-corrected chi connectivity index (χ1v) is 6.31. The van der Waals surface area contributed by atoms with Gasteiger partial charge in [0.1, 0.15) is 54.9 Å². The molecule has 9 heteroatoms. The Balaban J connectivity index is 2.90. The van der Waals surface area contributed by atoms with Gasteiger partial charge < -0.3 is 38.4 Å². The fourth-order valence-corrected chi connectivity index (χ4v) is 2.23. The SMILES string of the molecule is [2H]C(=O)CO[C@@H]1[C@H](OCC([2H])=O)COC(O)(Br)[C@H]1OCC([2H])=O. The Kier molecular flexibility index (Phi) is 5.55. The Morgan fingerprint density at radius 2 is 1.75 bits per heavy atom. The van der Waals surface area contributed by atoms with Crippen molar-refractivity contribution in [2.75, 3.05) is 26.4 Å². The van der Waals surface area contributed by atoms with E-state index in [1.54, 1.807) is 0 Å². The number of alkyl halides is 1. The zero-order valence-electron chi connectivity index (χ0n) is 13.2. The zero-order chi connectivity index (χ0) is 17.6. The summed E-state index contributed by atoms with van der Waals surface area (Å²) in [6.45, 7) is -2.22. The topological polar surface area (TPSA) is 108 Å². The number of aldehydes is 3. The molecule has 1 saturated heterocycles. The minimum Gasteiger partial charge on any atom is -0.366 e. The Hall–Kier alpha value is -0.710. The molecule has 0 aromatic rings. The average Bonchev–Trinajstić information content (AvgIpc) is 2.41. The number of carbonyl (C=O) groups excluding carboxylic acids is 3. The molecule has 0 bridgehead atoms. The van der Waals surface area contributed by atoms with Crippen molar-refractivity contribution in [2.24, 2.45) is 0 Å². The summed E-state index contributed by atoms with van der Waals surface area (Å²) in [4.78, 5) is 32.2. The quantitative estimate of drug-likeness (QED) is 0.405. The molecule has 0 aromatic heterocycles. The van der Waals surface area contributed by atoms with Crippen molar-refractivity contribution in [3.05, 3.63) is 0 Å². The zero-order valence-corrected chi connectivity index (χ0v) is 11.8. The molecule has 1 rings (SSSR count). The van der Waals surface area contributed by atoms with Gasteiger partial charge in [0.25, 0.3) is 4.70 Å². The number of hydrogen-bond acceptors (Lipinski definition) is 8. The molecule has 1 fully saturated rings. The van der Waals surface area contributed by atoms with Crippen LogP contribution in [0.2, 0.25) is 0 Å². The first kappa shape index (κ1) is 13.0. The lowest BCUT2D eigenvalue weighted by molar-refractivity contribution is -0.290. The van der Waals surface area contributed by atoms with E-state index < -0.39 is 61.6 Å². The van der Waals surface area contributed by atoms with Crippen molar-refractivity contribution in [1.29, 1.82) is 0 Å². The van der Waals surface area contributed by atoms with Crippen molar-refractivity contribution in [1.82, 2.24) is 0 Å². The molecule has 0 spiro atoms. The first-order chi connectivity index (χ1) is 10.6. The Morgan fingerprint density at radius 1 is 1.20 bits per heavy atom. The maximum absolute atomic E-state index is 10.8. The van der Waals surface area contributed by atoms with Gasteiger partial charge >= 0.3 is 0 Å². The van der Waals surface area contributed by atoms with E-state index in [1.807, 2.05) is 0 Å². The number of ether oxygens (including phenoxy) is 4. The molecule has 20 heavy (non-hydrogen) atoms. The van der Waals surface area contributed by atoms with E-state index >= 15 is 0 Å². The summed E-state index contributed by atoms with van der Waals surface area (Å²) in [5.41, 5.74) is 0. The summed E-state index contributed by atoms with van der Waals surface area (Å²) in [5, 5.41) is 10.1. The second-order valence-corrected chi connectivity index (χ2v) is 4.85. The first-order valence-electron chi connectivity index (χ1n) is 7.02. The van der Waals surface area contributed by atoms with Gasteiger partial charge in [0.2, 0.25) is 0 Å². The van der Waals surface area contributed by atoms with Crippen LogP contribution in [0.15, 0.2) is 0 Å². The van der Waals surface area contributed by atoms with Crippen molar-refractivity contribution >= 4 is 34.7 Å². The lowest BCUT2D eigenvalue weighted by Crippen LogP contribution is -2.60. The molecule has 1 aliphatic heterocycles. The fraction of sp³-hybridized carbons (Fsp3) is 0.727. The van der Waals surface area contributed by atoms with Crippen LogP contribution in [0.1, 0.15) is 4.11 Å². The molecule has 1 unspecified atom stereocenters.